The quantitative estimate of drug-likeness (QED) is 0.858. The van der Waals surface area contributed by atoms with Gasteiger partial charge >= 0.3 is 5.97 Å². The molecule has 0 aliphatic rings. The Morgan fingerprint density at radius 2 is 2.04 bits per heavy atom. The molecule has 0 saturated heterocycles. The molecule has 2 N–H and O–H groups in total. The van der Waals surface area contributed by atoms with Gasteiger partial charge in [0.2, 0.25) is 5.43 Å². The third-order valence-corrected chi connectivity index (χ3v) is 3.41. The Morgan fingerprint density at radius 1 is 1.38 bits per heavy atom. The van der Waals surface area contributed by atoms with Crippen LogP contribution in [0, 0.1) is 12.7 Å². The van der Waals surface area contributed by atoms with Crippen LogP contribution >= 0.6 is 0 Å². The molecule has 1 heterocycles. The molecule has 1 amide bonds. The van der Waals surface area contributed by atoms with E-state index < -0.39 is 34.9 Å². The van der Waals surface area contributed by atoms with Crippen molar-refractivity contribution in [1.29, 1.82) is 0 Å². The van der Waals surface area contributed by atoms with Gasteiger partial charge in [0.05, 0.1) is 0 Å². The lowest BCUT2D eigenvalue weighted by molar-refractivity contribution is -0.139. The van der Waals surface area contributed by atoms with Crippen LogP contribution in [0.25, 0.3) is 5.69 Å². The molecule has 2 rings (SSSR count). The third-order valence-electron chi connectivity index (χ3n) is 3.41. The largest absolute Gasteiger partial charge is 0.480 e. The summed E-state index contributed by atoms with van der Waals surface area (Å²) in [5.74, 6) is -2.70. The summed E-state index contributed by atoms with van der Waals surface area (Å²) in [6.45, 7) is 3.13. The smallest absolute Gasteiger partial charge is 0.326 e. The van der Waals surface area contributed by atoms with E-state index in [4.69, 9.17) is 5.11 Å². The fraction of sp³-hybridized carbons (Fsp3) is 0.250. The Kier molecular flexibility index (Phi) is 5.08. The van der Waals surface area contributed by atoms with Crippen molar-refractivity contribution in [2.45, 2.75) is 26.3 Å². The molecule has 0 spiro atoms. The van der Waals surface area contributed by atoms with Crippen LogP contribution in [0.5, 0.6) is 0 Å². The highest BCUT2D eigenvalue weighted by atomic mass is 19.1. The summed E-state index contributed by atoms with van der Waals surface area (Å²) < 4.78 is 15.1. The number of halogens is 1. The van der Waals surface area contributed by atoms with Crippen LogP contribution in [-0.2, 0) is 4.79 Å². The molecule has 0 bridgehead atoms. The minimum absolute atomic E-state index is 0.0781. The summed E-state index contributed by atoms with van der Waals surface area (Å²) in [5.41, 5.74) is -0.748. The van der Waals surface area contributed by atoms with Gasteiger partial charge in [0, 0.05) is 11.8 Å². The summed E-state index contributed by atoms with van der Waals surface area (Å²) in [4.78, 5) is 35.2. The first-order chi connectivity index (χ1) is 11.3. The van der Waals surface area contributed by atoms with E-state index in [0.29, 0.717) is 5.69 Å². The van der Waals surface area contributed by atoms with Crippen molar-refractivity contribution in [3.8, 4) is 5.69 Å². The number of carboxylic acid groups (broad SMARTS) is 1. The molecule has 0 fully saturated rings. The number of carbonyl (C=O) groups is 2. The Balaban J connectivity index is 2.47. The number of aliphatic carboxylic acids is 1. The van der Waals surface area contributed by atoms with E-state index in [1.165, 1.54) is 18.2 Å². The number of amides is 1. The number of carbonyl (C=O) groups excluding carboxylic acids is 1. The van der Waals surface area contributed by atoms with Gasteiger partial charge in [-0.2, -0.15) is 5.10 Å². The van der Waals surface area contributed by atoms with Gasteiger partial charge in [-0.15, -0.1) is 0 Å². The van der Waals surface area contributed by atoms with Crippen molar-refractivity contribution >= 4 is 11.9 Å². The number of hydrogen-bond acceptors (Lipinski definition) is 4. The summed E-state index contributed by atoms with van der Waals surface area (Å²) in [5, 5.41) is 15.1. The van der Waals surface area contributed by atoms with E-state index in [0.717, 1.165) is 10.7 Å². The molecular formula is C16H16FN3O4. The molecule has 1 atom stereocenters. The second-order valence-corrected chi connectivity index (χ2v) is 5.13. The van der Waals surface area contributed by atoms with Gasteiger partial charge in [0.1, 0.15) is 17.5 Å². The zero-order valence-electron chi connectivity index (χ0n) is 13.1. The second-order valence-electron chi connectivity index (χ2n) is 5.13. The normalized spacial score (nSPS) is 11.8. The predicted octanol–water partition coefficient (Wildman–Crippen LogP) is 1.27. The van der Waals surface area contributed by atoms with Gasteiger partial charge < -0.3 is 10.4 Å². The number of nitrogens with zero attached hydrogens (tertiary/aromatic N) is 2. The van der Waals surface area contributed by atoms with Crippen LogP contribution in [0.3, 0.4) is 0 Å². The molecule has 0 aliphatic heterocycles. The Bertz CT molecular complexity index is 847. The molecule has 24 heavy (non-hydrogen) atoms. The molecule has 1 aromatic heterocycles. The van der Waals surface area contributed by atoms with Crippen molar-refractivity contribution in [2.75, 3.05) is 0 Å². The fourth-order valence-electron chi connectivity index (χ4n) is 2.14. The Morgan fingerprint density at radius 3 is 2.62 bits per heavy atom. The standard InChI is InChI=1S/C16H16FN3O4/c1-3-11(16(23)24)18-15(22)14-13(21)8-9(2)20(19-14)12-7-5-4-6-10(12)17/h4-8,11H,3H2,1-2H3,(H,18,22)(H,23,24). The van der Waals surface area contributed by atoms with Crippen molar-refractivity contribution in [1.82, 2.24) is 15.1 Å². The van der Waals surface area contributed by atoms with Crippen LogP contribution in [-0.4, -0.2) is 32.8 Å². The van der Waals surface area contributed by atoms with Gasteiger partial charge in [-0.05, 0) is 25.5 Å². The number of nitrogens with one attached hydrogen (secondary N) is 1. The van der Waals surface area contributed by atoms with E-state index in [1.807, 2.05) is 0 Å². The van der Waals surface area contributed by atoms with Crippen molar-refractivity contribution in [3.05, 3.63) is 57.8 Å². The van der Waals surface area contributed by atoms with Gasteiger partial charge in [-0.1, -0.05) is 19.1 Å². The number of para-hydroxylation sites is 1. The monoisotopic (exact) mass is 333 g/mol. The zero-order valence-corrected chi connectivity index (χ0v) is 13.1. The molecule has 7 nitrogen and oxygen atoms in total. The first kappa shape index (κ1) is 17.3. The maximum absolute atomic E-state index is 13.9. The van der Waals surface area contributed by atoms with E-state index in [2.05, 4.69) is 10.4 Å². The highest BCUT2D eigenvalue weighted by Gasteiger charge is 2.22. The van der Waals surface area contributed by atoms with Crippen molar-refractivity contribution in [2.24, 2.45) is 0 Å². The van der Waals surface area contributed by atoms with E-state index >= 15 is 0 Å². The van der Waals surface area contributed by atoms with Gasteiger partial charge in [-0.3, -0.25) is 9.59 Å². The maximum Gasteiger partial charge on any atom is 0.326 e. The number of hydrogen-bond donors (Lipinski definition) is 2. The lowest BCUT2D eigenvalue weighted by Gasteiger charge is -2.14. The SMILES string of the molecule is CCC(NC(=O)c1nn(-c2ccccc2F)c(C)cc1=O)C(=O)O. The molecule has 0 aliphatic carbocycles. The van der Waals surface area contributed by atoms with E-state index in [1.54, 1.807) is 19.9 Å². The van der Waals surface area contributed by atoms with Crippen LogP contribution in [0.2, 0.25) is 0 Å². The highest BCUT2D eigenvalue weighted by molar-refractivity contribution is 5.94. The first-order valence-corrected chi connectivity index (χ1v) is 7.24. The molecular weight excluding hydrogens is 317 g/mol. The summed E-state index contributed by atoms with van der Waals surface area (Å²) in [6, 6.07) is 5.79. The Hall–Kier alpha value is -3.03. The molecule has 0 saturated carbocycles. The maximum atomic E-state index is 13.9. The number of carboxylic acids is 1. The molecule has 0 radical (unpaired) electrons. The summed E-state index contributed by atoms with van der Waals surface area (Å²) in [6.07, 6.45) is 0.147. The van der Waals surface area contributed by atoms with Gasteiger partial charge in [-0.25, -0.2) is 13.9 Å². The van der Waals surface area contributed by atoms with E-state index in [-0.39, 0.29) is 12.1 Å². The van der Waals surface area contributed by atoms with Gasteiger partial charge in [0.25, 0.3) is 5.91 Å². The predicted molar refractivity (Wildman–Crippen MR) is 83.7 cm³/mol. The minimum atomic E-state index is -1.22. The van der Waals surface area contributed by atoms with Crippen molar-refractivity contribution in [3.63, 3.8) is 0 Å². The average molecular weight is 333 g/mol. The van der Waals surface area contributed by atoms with Crippen molar-refractivity contribution < 1.29 is 19.1 Å². The van der Waals surface area contributed by atoms with Crippen LogP contribution in [0.1, 0.15) is 29.5 Å². The topological polar surface area (TPSA) is 101 Å². The summed E-state index contributed by atoms with van der Waals surface area (Å²) >= 11 is 0. The number of benzene rings is 1. The second kappa shape index (κ2) is 7.03. The highest BCUT2D eigenvalue weighted by Crippen LogP contribution is 2.13. The molecule has 8 heteroatoms. The lowest BCUT2D eigenvalue weighted by atomic mass is 10.2. The fourth-order valence-corrected chi connectivity index (χ4v) is 2.14. The molecule has 126 valence electrons. The van der Waals surface area contributed by atoms with Gasteiger partial charge in [0.15, 0.2) is 5.69 Å². The number of rotatable bonds is 5. The number of aryl methyl sites for hydroxylation is 1. The molecule has 1 unspecified atom stereocenters. The minimum Gasteiger partial charge on any atom is -0.480 e. The zero-order chi connectivity index (χ0) is 17.9. The average Bonchev–Trinajstić information content (AvgIpc) is 2.53. The third kappa shape index (κ3) is 3.48. The van der Waals surface area contributed by atoms with Crippen LogP contribution < -0.4 is 10.7 Å². The van der Waals surface area contributed by atoms with Crippen LogP contribution in [0.15, 0.2) is 35.1 Å². The first-order valence-electron chi connectivity index (χ1n) is 7.24. The molecule has 2 aromatic rings. The molecule has 1 aromatic carbocycles. The summed E-state index contributed by atoms with van der Waals surface area (Å²) in [7, 11) is 0. The number of aromatic nitrogens is 2. The van der Waals surface area contributed by atoms with E-state index in [9.17, 15) is 18.8 Å². The lowest BCUT2D eigenvalue weighted by Crippen LogP contribution is -2.42. The Labute approximate surface area is 136 Å². The van der Waals surface area contributed by atoms with Crippen LogP contribution in [0.4, 0.5) is 4.39 Å².